The number of hydrogen-bond acceptors (Lipinski definition) is 1. The van der Waals surface area contributed by atoms with Crippen molar-refractivity contribution in [1.29, 1.82) is 0 Å². The van der Waals surface area contributed by atoms with Gasteiger partial charge in [0.15, 0.2) is 0 Å². The molecule has 1 aromatic rings. The molecule has 0 N–H and O–H groups in total. The SMILES string of the molecule is C=C(C)/C(C)=C(\Cl)CC=C(/C=C(\C(=C)C)C(F)(F)F)c1ccoc1. The van der Waals surface area contributed by atoms with Crippen LogP contribution in [0.5, 0.6) is 0 Å². The normalized spacial score (nSPS) is 14.5. The van der Waals surface area contributed by atoms with Crippen LogP contribution in [0.2, 0.25) is 0 Å². The van der Waals surface area contributed by atoms with E-state index in [-0.39, 0.29) is 5.57 Å². The highest BCUT2D eigenvalue weighted by Crippen LogP contribution is 2.34. The molecule has 0 bridgehead atoms. The minimum atomic E-state index is -4.48. The van der Waals surface area contributed by atoms with Crippen molar-refractivity contribution in [3.8, 4) is 0 Å². The maximum absolute atomic E-state index is 13.2. The molecule has 0 atom stereocenters. The Balaban J connectivity index is 3.34. The summed E-state index contributed by atoms with van der Waals surface area (Å²) in [5, 5.41) is 0.528. The zero-order valence-electron chi connectivity index (χ0n) is 13.9. The van der Waals surface area contributed by atoms with Crippen molar-refractivity contribution >= 4 is 17.2 Å². The fourth-order valence-corrected chi connectivity index (χ4v) is 2.11. The van der Waals surface area contributed by atoms with Gasteiger partial charge in [0.05, 0.1) is 18.1 Å². The summed E-state index contributed by atoms with van der Waals surface area (Å²) in [4.78, 5) is 0. The Labute approximate surface area is 145 Å². The van der Waals surface area contributed by atoms with E-state index in [1.165, 1.54) is 19.5 Å². The lowest BCUT2D eigenvalue weighted by Crippen LogP contribution is -2.12. The van der Waals surface area contributed by atoms with Crippen molar-refractivity contribution < 1.29 is 17.6 Å². The Morgan fingerprint density at radius 2 is 1.83 bits per heavy atom. The molecule has 0 amide bonds. The van der Waals surface area contributed by atoms with Gasteiger partial charge in [-0.05, 0) is 49.6 Å². The molecule has 130 valence electrons. The molecule has 0 saturated carbocycles. The first-order valence-corrected chi connectivity index (χ1v) is 7.60. The molecule has 1 aromatic heterocycles. The molecule has 1 rings (SSSR count). The topological polar surface area (TPSA) is 13.1 Å². The Morgan fingerprint density at radius 3 is 2.25 bits per heavy atom. The van der Waals surface area contributed by atoms with Crippen LogP contribution in [0.15, 0.2) is 75.6 Å². The molecule has 5 heteroatoms. The largest absolute Gasteiger partial charge is 0.472 e. The lowest BCUT2D eigenvalue weighted by atomic mass is 10.00. The lowest BCUT2D eigenvalue weighted by molar-refractivity contribution is -0.0891. The van der Waals surface area contributed by atoms with Crippen molar-refractivity contribution in [3.05, 3.63) is 76.8 Å². The number of hydrogen-bond donors (Lipinski definition) is 0. The van der Waals surface area contributed by atoms with Gasteiger partial charge in [0.2, 0.25) is 0 Å². The van der Waals surface area contributed by atoms with Crippen LogP contribution in [-0.4, -0.2) is 6.18 Å². The summed E-state index contributed by atoms with van der Waals surface area (Å²) in [5.74, 6) is 0. The average molecular weight is 357 g/mol. The summed E-state index contributed by atoms with van der Waals surface area (Å²) in [5.41, 5.74) is 1.69. The fourth-order valence-electron chi connectivity index (χ4n) is 1.88. The molecule has 0 fully saturated rings. The molecule has 0 saturated heterocycles. The predicted molar refractivity (Wildman–Crippen MR) is 93.6 cm³/mol. The van der Waals surface area contributed by atoms with Crippen LogP contribution < -0.4 is 0 Å². The maximum atomic E-state index is 13.2. The minimum Gasteiger partial charge on any atom is -0.472 e. The van der Waals surface area contributed by atoms with Crippen LogP contribution >= 0.6 is 11.6 Å². The first-order valence-electron chi connectivity index (χ1n) is 7.22. The Bertz CT molecular complexity index is 701. The molecule has 0 spiro atoms. The van der Waals surface area contributed by atoms with E-state index < -0.39 is 11.7 Å². The van der Waals surface area contributed by atoms with Crippen molar-refractivity contribution in [3.63, 3.8) is 0 Å². The molecule has 0 aromatic carbocycles. The van der Waals surface area contributed by atoms with Gasteiger partial charge in [-0.25, -0.2) is 0 Å². The molecule has 1 heterocycles. The van der Waals surface area contributed by atoms with E-state index in [1.807, 2.05) is 13.8 Å². The Hall–Kier alpha value is -1.94. The van der Waals surface area contributed by atoms with Gasteiger partial charge in [0.1, 0.15) is 0 Å². The van der Waals surface area contributed by atoms with Crippen molar-refractivity contribution in [2.24, 2.45) is 0 Å². The van der Waals surface area contributed by atoms with Crippen LogP contribution in [-0.2, 0) is 0 Å². The van der Waals surface area contributed by atoms with Crippen LogP contribution in [0, 0.1) is 0 Å². The van der Waals surface area contributed by atoms with Crippen LogP contribution in [0.3, 0.4) is 0 Å². The number of furan rings is 1. The highest BCUT2D eigenvalue weighted by molar-refractivity contribution is 6.30. The Morgan fingerprint density at radius 1 is 1.21 bits per heavy atom. The van der Waals surface area contributed by atoms with Crippen molar-refractivity contribution in [2.45, 2.75) is 33.4 Å². The van der Waals surface area contributed by atoms with E-state index in [0.717, 1.165) is 17.2 Å². The smallest absolute Gasteiger partial charge is 0.416 e. The van der Waals surface area contributed by atoms with Crippen LogP contribution in [0.4, 0.5) is 13.2 Å². The predicted octanol–water partition coefficient (Wildman–Crippen LogP) is 7.21. The van der Waals surface area contributed by atoms with E-state index in [9.17, 15) is 13.2 Å². The minimum absolute atomic E-state index is 0.0587. The number of allylic oxidation sites excluding steroid dienone is 8. The van der Waals surface area contributed by atoms with E-state index in [2.05, 4.69) is 13.2 Å². The summed E-state index contributed by atoms with van der Waals surface area (Å²) in [6.07, 6.45) is 1.29. The van der Waals surface area contributed by atoms with Crippen molar-refractivity contribution in [1.82, 2.24) is 0 Å². The van der Waals surface area contributed by atoms with Gasteiger partial charge in [0, 0.05) is 17.0 Å². The second kappa shape index (κ2) is 8.25. The van der Waals surface area contributed by atoms with E-state index in [1.54, 1.807) is 12.1 Å². The second-order valence-corrected chi connectivity index (χ2v) is 5.98. The third-order valence-corrected chi connectivity index (χ3v) is 3.91. The van der Waals surface area contributed by atoms with E-state index in [4.69, 9.17) is 16.0 Å². The zero-order valence-corrected chi connectivity index (χ0v) is 14.7. The first kappa shape index (κ1) is 20.1. The fraction of sp³-hybridized carbons (Fsp3) is 0.263. The molecule has 0 radical (unpaired) electrons. The number of rotatable bonds is 6. The van der Waals surface area contributed by atoms with Crippen LogP contribution in [0.25, 0.3) is 5.57 Å². The molecule has 0 aliphatic rings. The Kier molecular flexibility index (Phi) is 6.91. The van der Waals surface area contributed by atoms with E-state index in [0.29, 0.717) is 22.6 Å². The van der Waals surface area contributed by atoms with Crippen molar-refractivity contribution in [2.75, 3.05) is 0 Å². The monoisotopic (exact) mass is 356 g/mol. The summed E-state index contributed by atoms with van der Waals surface area (Å²) in [6, 6.07) is 1.60. The maximum Gasteiger partial charge on any atom is 0.416 e. The molecule has 1 nitrogen and oxygen atoms in total. The van der Waals surface area contributed by atoms with Gasteiger partial charge in [-0.2, -0.15) is 13.2 Å². The highest BCUT2D eigenvalue weighted by Gasteiger charge is 2.34. The summed E-state index contributed by atoms with van der Waals surface area (Å²) >= 11 is 6.21. The molecule has 0 aliphatic carbocycles. The zero-order chi connectivity index (χ0) is 18.5. The van der Waals surface area contributed by atoms with E-state index >= 15 is 0 Å². The molecular formula is C19H20ClF3O. The molecular weight excluding hydrogens is 337 g/mol. The average Bonchev–Trinajstić information content (AvgIpc) is 2.98. The standard InChI is InChI=1S/C19H20ClF3O/c1-12(2)14(5)18(20)7-6-15(16-8-9-24-11-16)10-17(13(3)4)19(21,22)23/h6,8-11H,1,3,7H2,2,4-5H3/b15-6?,17-10+,18-14-. The van der Waals surface area contributed by atoms with Gasteiger partial charge in [-0.15, -0.1) is 0 Å². The number of alkyl halides is 3. The van der Waals surface area contributed by atoms with Gasteiger partial charge in [0.25, 0.3) is 0 Å². The lowest BCUT2D eigenvalue weighted by Gasteiger charge is -2.12. The second-order valence-electron chi connectivity index (χ2n) is 5.52. The van der Waals surface area contributed by atoms with Gasteiger partial charge < -0.3 is 4.42 Å². The van der Waals surface area contributed by atoms with Gasteiger partial charge >= 0.3 is 6.18 Å². The summed E-state index contributed by atoms with van der Waals surface area (Å²) in [7, 11) is 0. The van der Waals surface area contributed by atoms with Gasteiger partial charge in [-0.1, -0.05) is 36.4 Å². The first-order chi connectivity index (χ1) is 11.0. The molecule has 0 unspecified atom stereocenters. The third-order valence-electron chi connectivity index (χ3n) is 3.47. The highest BCUT2D eigenvalue weighted by atomic mass is 35.5. The van der Waals surface area contributed by atoms with Gasteiger partial charge in [-0.3, -0.25) is 0 Å². The summed E-state index contributed by atoms with van der Waals surface area (Å²) < 4.78 is 44.5. The summed E-state index contributed by atoms with van der Waals surface area (Å²) in [6.45, 7) is 12.2. The quantitative estimate of drug-likeness (QED) is 0.491. The third kappa shape index (κ3) is 5.60. The molecule has 0 aliphatic heterocycles. The van der Waals surface area contributed by atoms with Crippen LogP contribution in [0.1, 0.15) is 32.8 Å². The molecule has 24 heavy (non-hydrogen) atoms. The number of halogens is 4.